The van der Waals surface area contributed by atoms with Gasteiger partial charge in [0.15, 0.2) is 0 Å². The molecule has 27 heavy (non-hydrogen) atoms. The maximum Gasteiger partial charge on any atom is 0.281 e. The van der Waals surface area contributed by atoms with Crippen molar-refractivity contribution in [2.45, 2.75) is 17.7 Å². The van der Waals surface area contributed by atoms with Crippen molar-refractivity contribution in [2.24, 2.45) is 5.92 Å². The Balaban J connectivity index is 1.65. The van der Waals surface area contributed by atoms with Gasteiger partial charge in [-0.2, -0.15) is 17.0 Å². The smallest absolute Gasteiger partial charge is 0.255 e. The molecule has 0 saturated carbocycles. The van der Waals surface area contributed by atoms with Crippen LogP contribution in [-0.4, -0.2) is 64.2 Å². The lowest BCUT2D eigenvalue weighted by Crippen LogP contribution is -2.45. The first-order valence-corrected chi connectivity index (χ1v) is 11.6. The predicted molar refractivity (Wildman–Crippen MR) is 104 cm³/mol. The van der Waals surface area contributed by atoms with Crippen LogP contribution >= 0.6 is 0 Å². The summed E-state index contributed by atoms with van der Waals surface area (Å²) in [7, 11) is -4.09. The molecule has 2 heterocycles. The van der Waals surface area contributed by atoms with E-state index in [1.165, 1.54) is 22.7 Å². The zero-order valence-corrected chi connectivity index (χ0v) is 17.0. The standard InChI is InChI=1S/C17H24N4O4S2/c1-20(2)27(24,25)21-11-8-14(9-12-21)13-19-26(22,23)16-7-3-5-15-6-4-10-18-17(15)16/h3-7,10,14,19H,8-9,11-13H2,1-2H3. The topological polar surface area (TPSA) is 99.7 Å². The summed E-state index contributed by atoms with van der Waals surface area (Å²) in [6.45, 7) is 1.06. The van der Waals surface area contributed by atoms with Crippen molar-refractivity contribution >= 4 is 31.1 Å². The van der Waals surface area contributed by atoms with Crippen molar-refractivity contribution in [3.05, 3.63) is 36.5 Å². The molecule has 0 aliphatic carbocycles. The highest BCUT2D eigenvalue weighted by Crippen LogP contribution is 2.23. The Morgan fingerprint density at radius 1 is 1.11 bits per heavy atom. The molecule has 0 spiro atoms. The van der Waals surface area contributed by atoms with Crippen LogP contribution in [0.25, 0.3) is 10.9 Å². The molecule has 148 valence electrons. The number of piperidine rings is 1. The van der Waals surface area contributed by atoms with Gasteiger partial charge in [0, 0.05) is 45.3 Å². The monoisotopic (exact) mass is 412 g/mol. The van der Waals surface area contributed by atoms with Gasteiger partial charge >= 0.3 is 0 Å². The van der Waals surface area contributed by atoms with Crippen molar-refractivity contribution in [3.63, 3.8) is 0 Å². The van der Waals surface area contributed by atoms with Crippen LogP contribution in [0.1, 0.15) is 12.8 Å². The number of nitrogens with one attached hydrogen (secondary N) is 1. The molecule has 0 unspecified atom stereocenters. The molecular weight excluding hydrogens is 388 g/mol. The quantitative estimate of drug-likeness (QED) is 0.764. The summed E-state index contributed by atoms with van der Waals surface area (Å²) in [5.74, 6) is 0.0938. The maximum absolute atomic E-state index is 12.7. The summed E-state index contributed by atoms with van der Waals surface area (Å²) in [6.07, 6.45) is 2.80. The second kappa shape index (κ2) is 7.80. The fraction of sp³-hybridized carbons (Fsp3) is 0.471. The van der Waals surface area contributed by atoms with E-state index < -0.39 is 20.2 Å². The van der Waals surface area contributed by atoms with E-state index in [0.717, 1.165) is 5.39 Å². The summed E-state index contributed by atoms with van der Waals surface area (Å²) in [5.41, 5.74) is 0.444. The molecule has 0 radical (unpaired) electrons. The zero-order valence-electron chi connectivity index (χ0n) is 15.4. The van der Waals surface area contributed by atoms with Crippen molar-refractivity contribution in [1.29, 1.82) is 0 Å². The number of sulfonamides is 1. The number of benzene rings is 1. The van der Waals surface area contributed by atoms with Gasteiger partial charge in [-0.3, -0.25) is 4.98 Å². The minimum Gasteiger partial charge on any atom is -0.255 e. The van der Waals surface area contributed by atoms with Crippen LogP contribution < -0.4 is 4.72 Å². The van der Waals surface area contributed by atoms with Gasteiger partial charge in [0.25, 0.3) is 10.2 Å². The van der Waals surface area contributed by atoms with Crippen molar-refractivity contribution in [2.75, 3.05) is 33.7 Å². The Morgan fingerprint density at radius 3 is 2.44 bits per heavy atom. The summed E-state index contributed by atoms with van der Waals surface area (Å²) < 4.78 is 55.1. The van der Waals surface area contributed by atoms with E-state index in [1.54, 1.807) is 24.4 Å². The molecule has 1 N–H and O–H groups in total. The van der Waals surface area contributed by atoms with Crippen LogP contribution in [0, 0.1) is 5.92 Å². The zero-order chi connectivity index (χ0) is 19.7. The number of hydrogen-bond acceptors (Lipinski definition) is 5. The third-order valence-corrected chi connectivity index (χ3v) is 8.20. The van der Waals surface area contributed by atoms with Crippen LogP contribution in [0.4, 0.5) is 0 Å². The lowest BCUT2D eigenvalue weighted by molar-refractivity contribution is 0.263. The highest BCUT2D eigenvalue weighted by atomic mass is 32.2. The number of aromatic nitrogens is 1. The fourth-order valence-corrected chi connectivity index (χ4v) is 5.60. The van der Waals surface area contributed by atoms with Gasteiger partial charge in [-0.05, 0) is 30.9 Å². The Hall–Kier alpha value is -1.59. The first kappa shape index (κ1) is 20.2. The molecule has 0 amide bonds. The number of hydrogen-bond donors (Lipinski definition) is 1. The Kier molecular flexibility index (Phi) is 5.82. The van der Waals surface area contributed by atoms with Gasteiger partial charge < -0.3 is 0 Å². The van der Waals surface area contributed by atoms with E-state index in [0.29, 0.717) is 31.4 Å². The number of fused-ring (bicyclic) bond motifs is 1. The average Bonchev–Trinajstić information content (AvgIpc) is 2.66. The lowest BCUT2D eigenvalue weighted by atomic mass is 9.99. The summed E-state index contributed by atoms with van der Waals surface area (Å²) >= 11 is 0. The predicted octanol–water partition coefficient (Wildman–Crippen LogP) is 1.03. The molecule has 3 rings (SSSR count). The molecule has 1 aromatic heterocycles. The molecule has 10 heteroatoms. The van der Waals surface area contributed by atoms with E-state index in [9.17, 15) is 16.8 Å². The van der Waals surface area contributed by atoms with E-state index in [2.05, 4.69) is 9.71 Å². The van der Waals surface area contributed by atoms with Crippen LogP contribution in [0.2, 0.25) is 0 Å². The van der Waals surface area contributed by atoms with Crippen LogP contribution in [0.5, 0.6) is 0 Å². The summed E-state index contributed by atoms with van der Waals surface area (Å²) in [6, 6.07) is 8.65. The summed E-state index contributed by atoms with van der Waals surface area (Å²) in [5, 5.41) is 0.766. The lowest BCUT2D eigenvalue weighted by Gasteiger charge is -2.32. The van der Waals surface area contributed by atoms with Gasteiger partial charge in [-0.15, -0.1) is 0 Å². The Morgan fingerprint density at radius 2 is 1.78 bits per heavy atom. The molecule has 1 saturated heterocycles. The molecule has 0 atom stereocenters. The first-order chi connectivity index (χ1) is 12.7. The first-order valence-electron chi connectivity index (χ1n) is 8.73. The molecule has 1 fully saturated rings. The Labute approximate surface area is 160 Å². The molecule has 8 nitrogen and oxygen atoms in total. The van der Waals surface area contributed by atoms with Crippen LogP contribution in [0.3, 0.4) is 0 Å². The van der Waals surface area contributed by atoms with E-state index in [4.69, 9.17) is 0 Å². The highest BCUT2D eigenvalue weighted by molar-refractivity contribution is 7.89. The largest absolute Gasteiger partial charge is 0.281 e. The van der Waals surface area contributed by atoms with Gasteiger partial charge in [0.1, 0.15) is 4.90 Å². The second-order valence-corrected chi connectivity index (χ2v) is 10.7. The van der Waals surface area contributed by atoms with Crippen molar-refractivity contribution in [1.82, 2.24) is 18.3 Å². The molecule has 0 bridgehead atoms. The van der Waals surface area contributed by atoms with E-state index in [1.807, 2.05) is 12.1 Å². The molecule has 1 aliphatic rings. The minimum atomic E-state index is -3.69. The van der Waals surface area contributed by atoms with Gasteiger partial charge in [0.05, 0.1) is 5.52 Å². The van der Waals surface area contributed by atoms with Gasteiger partial charge in [0.2, 0.25) is 10.0 Å². The van der Waals surface area contributed by atoms with Crippen molar-refractivity contribution in [3.8, 4) is 0 Å². The molecule has 1 aliphatic heterocycles. The van der Waals surface area contributed by atoms with E-state index in [-0.39, 0.29) is 17.4 Å². The van der Waals surface area contributed by atoms with E-state index >= 15 is 0 Å². The average molecular weight is 413 g/mol. The molecule has 1 aromatic carbocycles. The third-order valence-electron chi connectivity index (χ3n) is 4.81. The van der Waals surface area contributed by atoms with Crippen molar-refractivity contribution < 1.29 is 16.8 Å². The maximum atomic E-state index is 12.7. The molecule has 2 aromatic rings. The number of pyridine rings is 1. The van der Waals surface area contributed by atoms with Crippen LogP contribution in [-0.2, 0) is 20.2 Å². The van der Waals surface area contributed by atoms with Gasteiger partial charge in [-0.1, -0.05) is 18.2 Å². The highest BCUT2D eigenvalue weighted by Gasteiger charge is 2.30. The van der Waals surface area contributed by atoms with Gasteiger partial charge in [-0.25, -0.2) is 13.1 Å². The number of nitrogens with zero attached hydrogens (tertiary/aromatic N) is 3. The molecular formula is C17H24N4O4S2. The summed E-state index contributed by atoms with van der Waals surface area (Å²) in [4.78, 5) is 4.36. The Bertz CT molecular complexity index is 1010. The normalized spacial score (nSPS) is 17.6. The number of rotatable bonds is 6. The second-order valence-electron chi connectivity index (χ2n) is 6.82. The fourth-order valence-electron chi connectivity index (χ4n) is 3.17. The third kappa shape index (κ3) is 4.30. The van der Waals surface area contributed by atoms with Crippen LogP contribution in [0.15, 0.2) is 41.4 Å². The minimum absolute atomic E-state index is 0.0938. The number of para-hydroxylation sites is 1. The SMILES string of the molecule is CN(C)S(=O)(=O)N1CCC(CNS(=O)(=O)c2cccc3cccnc23)CC1.